The molecule has 0 atom stereocenters. The number of methoxy groups -OCH3 is 1. The van der Waals surface area contributed by atoms with E-state index in [1.807, 2.05) is 6.92 Å². The molecule has 0 radical (unpaired) electrons. The Bertz CT molecular complexity index is 559. The van der Waals surface area contributed by atoms with E-state index in [1.54, 1.807) is 16.9 Å². The zero-order chi connectivity index (χ0) is 13.1. The van der Waals surface area contributed by atoms with Crippen LogP contribution in [0, 0.1) is 0 Å². The summed E-state index contributed by atoms with van der Waals surface area (Å²) in [6.45, 7) is 2.69. The lowest BCUT2D eigenvalue weighted by atomic mass is 10.1. The van der Waals surface area contributed by atoms with E-state index >= 15 is 0 Å². The number of carbonyl (C=O) groups excluding carboxylic acids is 1. The van der Waals surface area contributed by atoms with Gasteiger partial charge in [-0.05, 0) is 28.4 Å². The van der Waals surface area contributed by atoms with Crippen LogP contribution in [0.1, 0.15) is 29.4 Å². The molecule has 2 rings (SSSR count). The molecule has 0 aliphatic carbocycles. The third-order valence-electron chi connectivity index (χ3n) is 2.54. The Morgan fingerprint density at radius 3 is 2.94 bits per heavy atom. The number of nitrogens with zero attached hydrogens (tertiary/aromatic N) is 2. The summed E-state index contributed by atoms with van der Waals surface area (Å²) in [5, 5.41) is 4.16. The van der Waals surface area contributed by atoms with Gasteiger partial charge in [-0.3, -0.25) is 9.48 Å². The number of ketones is 1. The highest BCUT2D eigenvalue weighted by atomic mass is 79.9. The maximum absolute atomic E-state index is 12.4. The van der Waals surface area contributed by atoms with Crippen molar-refractivity contribution in [3.63, 3.8) is 0 Å². The molecular formula is C12H13BrN2O3. The first kappa shape index (κ1) is 12.9. The average molecular weight is 313 g/mol. The molecule has 96 valence electrons. The van der Waals surface area contributed by atoms with Crippen molar-refractivity contribution < 1.29 is 13.9 Å². The lowest BCUT2D eigenvalue weighted by Crippen LogP contribution is -2.12. The smallest absolute Gasteiger partial charge is 0.219 e. The Kier molecular flexibility index (Phi) is 3.86. The van der Waals surface area contributed by atoms with Crippen LogP contribution in [-0.4, -0.2) is 22.7 Å². The van der Waals surface area contributed by atoms with E-state index in [1.165, 1.54) is 13.4 Å². The van der Waals surface area contributed by atoms with Gasteiger partial charge in [0.05, 0.1) is 25.1 Å². The first-order chi connectivity index (χ1) is 8.69. The Morgan fingerprint density at radius 1 is 1.61 bits per heavy atom. The van der Waals surface area contributed by atoms with Crippen molar-refractivity contribution >= 4 is 21.7 Å². The van der Waals surface area contributed by atoms with Crippen molar-refractivity contribution in [2.75, 3.05) is 7.11 Å². The molecule has 2 aromatic rings. The molecule has 0 N–H and O–H groups in total. The van der Waals surface area contributed by atoms with Gasteiger partial charge in [0.15, 0.2) is 16.1 Å². The number of hydrogen-bond donors (Lipinski definition) is 0. The van der Waals surface area contributed by atoms with Gasteiger partial charge >= 0.3 is 0 Å². The Balaban J connectivity index is 2.46. The van der Waals surface area contributed by atoms with Gasteiger partial charge in [-0.25, -0.2) is 0 Å². The highest BCUT2D eigenvalue weighted by Gasteiger charge is 2.23. The van der Waals surface area contributed by atoms with Crippen LogP contribution in [0.5, 0.6) is 5.75 Å². The normalized spacial score (nSPS) is 10.6. The summed E-state index contributed by atoms with van der Waals surface area (Å²) >= 11 is 3.20. The number of ether oxygens (including phenoxy) is 1. The van der Waals surface area contributed by atoms with Crippen LogP contribution in [0.15, 0.2) is 27.6 Å². The first-order valence-corrected chi connectivity index (χ1v) is 6.35. The van der Waals surface area contributed by atoms with Crippen LogP contribution < -0.4 is 4.74 Å². The largest absolute Gasteiger partial charge is 0.493 e. The van der Waals surface area contributed by atoms with Crippen LogP contribution in [0.3, 0.4) is 0 Å². The van der Waals surface area contributed by atoms with Gasteiger partial charge in [0, 0.05) is 6.54 Å². The summed E-state index contributed by atoms with van der Waals surface area (Å²) in [5.74, 6) is 0.306. The topological polar surface area (TPSA) is 57.3 Å². The molecule has 0 saturated carbocycles. The molecule has 2 aromatic heterocycles. The fraction of sp³-hybridized carbons (Fsp3) is 0.333. The first-order valence-electron chi connectivity index (χ1n) is 5.56. The maximum atomic E-state index is 12.4. The zero-order valence-corrected chi connectivity index (χ0v) is 11.7. The van der Waals surface area contributed by atoms with Crippen LogP contribution in [0.4, 0.5) is 0 Å². The molecule has 5 nitrogen and oxygen atoms in total. The summed E-state index contributed by atoms with van der Waals surface area (Å²) in [7, 11) is 1.52. The molecule has 0 aromatic carbocycles. The van der Waals surface area contributed by atoms with E-state index in [0.717, 1.165) is 6.42 Å². The highest BCUT2D eigenvalue weighted by molar-refractivity contribution is 9.10. The van der Waals surface area contributed by atoms with Gasteiger partial charge in [0.1, 0.15) is 0 Å². The van der Waals surface area contributed by atoms with Crippen LogP contribution in [0.2, 0.25) is 0 Å². The molecule has 0 fully saturated rings. The monoisotopic (exact) mass is 312 g/mol. The minimum Gasteiger partial charge on any atom is -0.493 e. The average Bonchev–Trinajstić information content (AvgIpc) is 2.95. The summed E-state index contributed by atoms with van der Waals surface area (Å²) in [6, 6.07) is 1.62. The molecule has 0 saturated heterocycles. The minimum atomic E-state index is -0.168. The third-order valence-corrected chi connectivity index (χ3v) is 3.15. The van der Waals surface area contributed by atoms with E-state index < -0.39 is 0 Å². The molecule has 0 unspecified atom stereocenters. The molecule has 2 heterocycles. The van der Waals surface area contributed by atoms with Crippen molar-refractivity contribution in [1.82, 2.24) is 9.78 Å². The second-order valence-corrected chi connectivity index (χ2v) is 4.44. The number of aryl methyl sites for hydroxylation is 1. The predicted molar refractivity (Wildman–Crippen MR) is 68.9 cm³/mol. The van der Waals surface area contributed by atoms with E-state index in [-0.39, 0.29) is 5.78 Å². The van der Waals surface area contributed by atoms with Crippen molar-refractivity contribution in [2.24, 2.45) is 0 Å². The highest BCUT2D eigenvalue weighted by Crippen LogP contribution is 2.26. The SMILES string of the molecule is CCCn1ncc(OC)c1C(=O)c1ccoc1Br. The second kappa shape index (κ2) is 5.39. The van der Waals surface area contributed by atoms with Gasteiger partial charge in [-0.15, -0.1) is 0 Å². The Hall–Kier alpha value is -1.56. The van der Waals surface area contributed by atoms with Crippen LogP contribution in [-0.2, 0) is 6.54 Å². The van der Waals surface area contributed by atoms with Crippen LogP contribution >= 0.6 is 15.9 Å². The van der Waals surface area contributed by atoms with Gasteiger partial charge < -0.3 is 9.15 Å². The number of aromatic nitrogens is 2. The third kappa shape index (κ3) is 2.20. The van der Waals surface area contributed by atoms with Gasteiger partial charge in [0.2, 0.25) is 5.78 Å². The van der Waals surface area contributed by atoms with E-state index in [9.17, 15) is 4.79 Å². The lowest BCUT2D eigenvalue weighted by Gasteiger charge is -2.06. The number of hydrogen-bond acceptors (Lipinski definition) is 4. The van der Waals surface area contributed by atoms with E-state index in [0.29, 0.717) is 28.2 Å². The van der Waals surface area contributed by atoms with Crippen molar-refractivity contribution in [2.45, 2.75) is 19.9 Å². The fourth-order valence-electron chi connectivity index (χ4n) is 1.71. The molecular weight excluding hydrogens is 300 g/mol. The Morgan fingerprint density at radius 2 is 2.39 bits per heavy atom. The number of carbonyl (C=O) groups is 1. The van der Waals surface area contributed by atoms with Gasteiger partial charge in [0.25, 0.3) is 0 Å². The second-order valence-electron chi connectivity index (χ2n) is 3.72. The number of halogens is 1. The quantitative estimate of drug-likeness (QED) is 0.797. The van der Waals surface area contributed by atoms with E-state index in [2.05, 4.69) is 21.0 Å². The Labute approximate surface area is 113 Å². The summed E-state index contributed by atoms with van der Waals surface area (Å²) < 4.78 is 12.3. The maximum Gasteiger partial charge on any atom is 0.219 e. The van der Waals surface area contributed by atoms with Gasteiger partial charge in [-0.1, -0.05) is 6.92 Å². The predicted octanol–water partition coefficient (Wildman–Crippen LogP) is 2.89. The number of furan rings is 1. The minimum absolute atomic E-state index is 0.168. The molecule has 6 heteroatoms. The molecule has 0 bridgehead atoms. The van der Waals surface area contributed by atoms with Crippen molar-refractivity contribution in [3.8, 4) is 5.75 Å². The molecule has 0 aliphatic rings. The van der Waals surface area contributed by atoms with Crippen molar-refractivity contribution in [1.29, 1.82) is 0 Å². The standard InChI is InChI=1S/C12H13BrN2O3/c1-3-5-15-10(9(17-2)7-14-15)11(16)8-4-6-18-12(8)13/h4,6-7H,3,5H2,1-2H3. The van der Waals surface area contributed by atoms with Gasteiger partial charge in [-0.2, -0.15) is 5.10 Å². The van der Waals surface area contributed by atoms with Crippen LogP contribution in [0.25, 0.3) is 0 Å². The van der Waals surface area contributed by atoms with E-state index in [4.69, 9.17) is 9.15 Å². The summed E-state index contributed by atoms with van der Waals surface area (Å²) in [6.07, 6.45) is 3.90. The van der Waals surface area contributed by atoms with Crippen molar-refractivity contribution in [3.05, 3.63) is 34.5 Å². The zero-order valence-electron chi connectivity index (χ0n) is 10.1. The summed E-state index contributed by atoms with van der Waals surface area (Å²) in [4.78, 5) is 12.4. The lowest BCUT2D eigenvalue weighted by molar-refractivity contribution is 0.102. The molecule has 18 heavy (non-hydrogen) atoms. The molecule has 0 amide bonds. The fourth-order valence-corrected chi connectivity index (χ4v) is 2.13. The summed E-state index contributed by atoms with van der Waals surface area (Å²) in [5.41, 5.74) is 0.910. The molecule has 0 aliphatic heterocycles. The molecule has 0 spiro atoms. The number of rotatable bonds is 5.